The number of hydrogen-bond donors (Lipinski definition) is 2. The third-order valence-corrected chi connectivity index (χ3v) is 8.37. The van der Waals surface area contributed by atoms with E-state index in [0.717, 1.165) is 18.7 Å². The Morgan fingerprint density at radius 2 is 1.93 bits per heavy atom. The number of halogens is 2. The predicted octanol–water partition coefficient (Wildman–Crippen LogP) is 4.01. The first-order valence-corrected chi connectivity index (χ1v) is 14.8. The zero-order chi connectivity index (χ0) is 29.5. The highest BCUT2D eigenvalue weighted by atomic mass is 35.5. The number of benzene rings is 2. The highest BCUT2D eigenvalue weighted by Gasteiger charge is 2.33. The fourth-order valence-corrected chi connectivity index (χ4v) is 5.47. The van der Waals surface area contributed by atoms with E-state index >= 15 is 0 Å². The topological polar surface area (TPSA) is 94.6 Å². The first-order chi connectivity index (χ1) is 19.6. The number of nitrogens with zero attached hydrogens (tertiary/aromatic N) is 3. The lowest BCUT2D eigenvalue weighted by Gasteiger charge is -2.38. The van der Waals surface area contributed by atoms with Crippen molar-refractivity contribution in [1.29, 1.82) is 0 Å². The SMILES string of the molecule is C[C@@H]1CN([C@@H](C)CO)C(=O)c2cc(NC(=O)CCN3CCOCC3)ccc2O[C@@H]1CN(C)Cc1ccc(Cl)c(Cl)c1. The zero-order valence-electron chi connectivity index (χ0n) is 23.9. The van der Waals surface area contributed by atoms with E-state index in [4.69, 9.17) is 32.7 Å². The number of rotatable bonds is 10. The minimum absolute atomic E-state index is 0.0167. The number of morpholine rings is 1. The summed E-state index contributed by atoms with van der Waals surface area (Å²) >= 11 is 12.3. The summed E-state index contributed by atoms with van der Waals surface area (Å²) < 4.78 is 11.9. The van der Waals surface area contributed by atoms with E-state index in [2.05, 4.69) is 22.0 Å². The van der Waals surface area contributed by atoms with Gasteiger partial charge in [0.25, 0.3) is 5.91 Å². The summed E-state index contributed by atoms with van der Waals surface area (Å²) in [4.78, 5) is 32.5. The maximum Gasteiger partial charge on any atom is 0.258 e. The Hall–Kier alpha value is -2.40. The van der Waals surface area contributed by atoms with Crippen molar-refractivity contribution in [3.8, 4) is 5.75 Å². The van der Waals surface area contributed by atoms with Gasteiger partial charge in [-0.15, -0.1) is 0 Å². The molecule has 2 aliphatic rings. The number of amides is 2. The van der Waals surface area contributed by atoms with Crippen LogP contribution in [0.3, 0.4) is 0 Å². The van der Waals surface area contributed by atoms with Crippen molar-refractivity contribution in [1.82, 2.24) is 14.7 Å². The Balaban J connectivity index is 1.50. The summed E-state index contributed by atoms with van der Waals surface area (Å²) in [7, 11) is 2.01. The van der Waals surface area contributed by atoms with Gasteiger partial charge in [-0.05, 0) is 49.9 Å². The van der Waals surface area contributed by atoms with Crippen LogP contribution in [0.2, 0.25) is 10.0 Å². The summed E-state index contributed by atoms with van der Waals surface area (Å²) in [6, 6.07) is 10.4. The van der Waals surface area contributed by atoms with Crippen LogP contribution in [0.15, 0.2) is 36.4 Å². The number of hydrogen-bond acceptors (Lipinski definition) is 7. The van der Waals surface area contributed by atoms with Gasteiger partial charge in [0.05, 0.1) is 41.5 Å². The predicted molar refractivity (Wildman–Crippen MR) is 161 cm³/mol. The molecule has 0 radical (unpaired) electrons. The van der Waals surface area contributed by atoms with E-state index in [9.17, 15) is 14.7 Å². The summed E-state index contributed by atoms with van der Waals surface area (Å²) in [5.41, 5.74) is 1.92. The van der Waals surface area contributed by atoms with Crippen molar-refractivity contribution in [2.24, 2.45) is 5.92 Å². The standard InChI is InChI=1S/C30H40Cl2N4O5/c1-20-16-36(21(2)19-37)30(39)24-15-23(33-29(38)8-9-35-10-12-40-13-11-35)5-7-27(24)41-28(20)18-34(3)17-22-4-6-25(31)26(32)14-22/h4-7,14-15,20-21,28,37H,8-13,16-19H2,1-3H3,(H,33,38)/t20-,21+,28-/m1/s1. The number of nitrogens with one attached hydrogen (secondary N) is 1. The minimum atomic E-state index is -0.378. The largest absolute Gasteiger partial charge is 0.488 e. The fourth-order valence-electron chi connectivity index (χ4n) is 5.15. The second-order valence-corrected chi connectivity index (χ2v) is 11.8. The van der Waals surface area contributed by atoms with E-state index in [1.54, 1.807) is 29.2 Å². The molecule has 0 saturated carbocycles. The number of carbonyl (C=O) groups is 2. The Kier molecular flexibility index (Phi) is 11.3. The summed E-state index contributed by atoms with van der Waals surface area (Å²) in [6.07, 6.45) is 0.108. The average Bonchev–Trinajstić information content (AvgIpc) is 2.96. The van der Waals surface area contributed by atoms with Crippen LogP contribution in [0.1, 0.15) is 36.2 Å². The van der Waals surface area contributed by atoms with Gasteiger partial charge in [-0.1, -0.05) is 36.2 Å². The minimum Gasteiger partial charge on any atom is -0.488 e. The van der Waals surface area contributed by atoms with Gasteiger partial charge in [-0.2, -0.15) is 0 Å². The third-order valence-electron chi connectivity index (χ3n) is 7.64. The Morgan fingerprint density at radius 1 is 1.17 bits per heavy atom. The summed E-state index contributed by atoms with van der Waals surface area (Å²) in [5, 5.41) is 13.9. The number of likely N-dealkylation sites (N-methyl/N-ethyl adjacent to an activating group) is 1. The molecule has 2 amide bonds. The molecule has 1 fully saturated rings. The van der Waals surface area contributed by atoms with Gasteiger partial charge in [0.1, 0.15) is 11.9 Å². The van der Waals surface area contributed by atoms with Crippen LogP contribution >= 0.6 is 23.2 Å². The maximum atomic E-state index is 13.7. The molecule has 9 nitrogen and oxygen atoms in total. The summed E-state index contributed by atoms with van der Waals surface area (Å²) in [6.45, 7) is 9.03. The van der Waals surface area contributed by atoms with Crippen LogP contribution in [-0.2, 0) is 16.1 Å². The number of anilines is 1. The normalized spacial score (nSPS) is 20.7. The second-order valence-electron chi connectivity index (χ2n) is 11.0. The fraction of sp³-hybridized carbons (Fsp3) is 0.533. The van der Waals surface area contributed by atoms with E-state index in [-0.39, 0.29) is 36.5 Å². The highest BCUT2D eigenvalue weighted by molar-refractivity contribution is 6.42. The van der Waals surface area contributed by atoms with Gasteiger partial charge < -0.3 is 24.8 Å². The molecule has 3 atom stereocenters. The van der Waals surface area contributed by atoms with Crippen molar-refractivity contribution in [3.05, 3.63) is 57.6 Å². The first-order valence-electron chi connectivity index (χ1n) is 14.1. The third kappa shape index (κ3) is 8.56. The Morgan fingerprint density at radius 3 is 2.63 bits per heavy atom. The van der Waals surface area contributed by atoms with Gasteiger partial charge in [0.15, 0.2) is 0 Å². The summed E-state index contributed by atoms with van der Waals surface area (Å²) in [5.74, 6) is 0.0833. The second kappa shape index (κ2) is 14.7. The van der Waals surface area contributed by atoms with E-state index in [1.807, 2.05) is 26.1 Å². The van der Waals surface area contributed by atoms with Crippen molar-refractivity contribution in [2.75, 3.05) is 64.9 Å². The molecule has 11 heteroatoms. The van der Waals surface area contributed by atoms with Crippen LogP contribution in [0.5, 0.6) is 5.75 Å². The molecule has 2 aromatic carbocycles. The van der Waals surface area contributed by atoms with Crippen LogP contribution < -0.4 is 10.1 Å². The van der Waals surface area contributed by atoms with Crippen molar-refractivity contribution < 1.29 is 24.2 Å². The molecule has 4 rings (SSSR count). The Labute approximate surface area is 252 Å². The van der Waals surface area contributed by atoms with Gasteiger partial charge in [0.2, 0.25) is 5.91 Å². The molecule has 2 heterocycles. The van der Waals surface area contributed by atoms with Crippen LogP contribution in [0, 0.1) is 5.92 Å². The molecule has 0 aromatic heterocycles. The van der Waals surface area contributed by atoms with Crippen LogP contribution in [-0.4, -0.2) is 103 Å². The van der Waals surface area contributed by atoms with E-state index in [0.29, 0.717) is 72.9 Å². The highest BCUT2D eigenvalue weighted by Crippen LogP contribution is 2.31. The molecule has 224 valence electrons. The van der Waals surface area contributed by atoms with Crippen molar-refractivity contribution in [2.45, 2.75) is 39.0 Å². The van der Waals surface area contributed by atoms with Gasteiger partial charge in [-0.3, -0.25) is 19.4 Å². The average molecular weight is 608 g/mol. The molecule has 0 spiro atoms. The number of aliphatic hydroxyl groups excluding tert-OH is 1. The maximum absolute atomic E-state index is 13.7. The zero-order valence-corrected chi connectivity index (χ0v) is 25.5. The molecule has 0 aliphatic carbocycles. The van der Waals surface area contributed by atoms with Gasteiger partial charge in [0, 0.05) is 57.3 Å². The first kappa shape index (κ1) is 31.5. The monoisotopic (exact) mass is 606 g/mol. The smallest absolute Gasteiger partial charge is 0.258 e. The number of ether oxygens (including phenoxy) is 2. The van der Waals surface area contributed by atoms with E-state index < -0.39 is 0 Å². The number of carbonyl (C=O) groups excluding carboxylic acids is 2. The molecule has 41 heavy (non-hydrogen) atoms. The van der Waals surface area contributed by atoms with Gasteiger partial charge >= 0.3 is 0 Å². The molecule has 2 aromatic rings. The molecule has 0 bridgehead atoms. The molecule has 2 N–H and O–H groups in total. The number of fused-ring (bicyclic) bond motifs is 1. The van der Waals surface area contributed by atoms with Crippen molar-refractivity contribution in [3.63, 3.8) is 0 Å². The number of aliphatic hydroxyl groups is 1. The van der Waals surface area contributed by atoms with Crippen LogP contribution in [0.4, 0.5) is 5.69 Å². The van der Waals surface area contributed by atoms with Crippen molar-refractivity contribution >= 4 is 40.7 Å². The quantitative estimate of drug-likeness (QED) is 0.422. The molecule has 1 saturated heterocycles. The molecule has 2 aliphatic heterocycles. The lowest BCUT2D eigenvalue weighted by molar-refractivity contribution is -0.116. The lowest BCUT2D eigenvalue weighted by Crippen LogP contribution is -2.49. The van der Waals surface area contributed by atoms with E-state index in [1.165, 1.54) is 0 Å². The van der Waals surface area contributed by atoms with Crippen LogP contribution in [0.25, 0.3) is 0 Å². The molecular formula is C30H40Cl2N4O5. The van der Waals surface area contributed by atoms with Gasteiger partial charge in [-0.25, -0.2) is 0 Å². The molecule has 0 unspecified atom stereocenters. The Bertz CT molecular complexity index is 1210. The molecular weight excluding hydrogens is 567 g/mol. The lowest BCUT2D eigenvalue weighted by atomic mass is 9.99.